The average molecular weight is 167 g/mol. The number of fused-ring (bicyclic) bond motifs is 1. The van der Waals surface area contributed by atoms with Gasteiger partial charge in [0.15, 0.2) is 0 Å². The molecule has 2 rings (SSSR count). The molecule has 51 valence electrons. The molecule has 0 fully saturated rings. The molecule has 10 heavy (non-hydrogen) atoms. The fraction of sp³-hybridized carbons (Fsp3) is 0.250. The van der Waals surface area contributed by atoms with E-state index in [1.165, 1.54) is 20.5 Å². The van der Waals surface area contributed by atoms with Crippen molar-refractivity contribution >= 4 is 32.1 Å². The van der Waals surface area contributed by atoms with E-state index in [-0.39, 0.29) is 0 Å². The van der Waals surface area contributed by atoms with E-state index in [4.69, 9.17) is 0 Å². The molecule has 0 spiro atoms. The van der Waals surface area contributed by atoms with Crippen LogP contribution in [0.3, 0.4) is 0 Å². The van der Waals surface area contributed by atoms with E-state index in [2.05, 4.69) is 24.6 Å². The molecule has 0 amide bonds. The van der Waals surface area contributed by atoms with Crippen molar-refractivity contribution < 1.29 is 0 Å². The third-order valence-electron chi connectivity index (χ3n) is 1.61. The van der Waals surface area contributed by atoms with Gasteiger partial charge in [0.05, 0.1) is 4.01 Å². The third-order valence-corrected chi connectivity index (χ3v) is 3.84. The summed E-state index contributed by atoms with van der Waals surface area (Å²) in [6.07, 6.45) is 0. The highest BCUT2D eigenvalue weighted by Crippen LogP contribution is 2.32. The Morgan fingerprint density at radius 2 is 2.20 bits per heavy atom. The zero-order valence-electron chi connectivity index (χ0n) is 5.89. The first kappa shape index (κ1) is 6.38. The van der Waals surface area contributed by atoms with Crippen molar-refractivity contribution in [3.05, 3.63) is 21.9 Å². The van der Waals surface area contributed by atoms with Crippen LogP contribution in [0, 0.1) is 19.2 Å². The van der Waals surface area contributed by atoms with Gasteiger partial charge in [-0.25, -0.2) is 0 Å². The summed E-state index contributed by atoms with van der Waals surface area (Å²) in [6, 6.07) is 0. The van der Waals surface area contributed by atoms with Crippen LogP contribution in [0.25, 0.3) is 9.40 Å². The second kappa shape index (κ2) is 2.07. The molecule has 1 radical (unpaired) electrons. The minimum atomic E-state index is 1.30. The van der Waals surface area contributed by atoms with Crippen LogP contribution in [0.1, 0.15) is 11.1 Å². The SMILES string of the molecule is Cc1[c]sc2scc(C)c12. The maximum atomic E-state index is 3.25. The summed E-state index contributed by atoms with van der Waals surface area (Å²) in [6.45, 7) is 4.28. The van der Waals surface area contributed by atoms with Crippen molar-refractivity contribution in [3.63, 3.8) is 0 Å². The van der Waals surface area contributed by atoms with Crippen molar-refractivity contribution in [3.8, 4) is 0 Å². The molecule has 0 nitrogen and oxygen atoms in total. The molecule has 0 bridgehead atoms. The lowest BCUT2D eigenvalue weighted by molar-refractivity contribution is 1.53. The Balaban J connectivity index is 2.98. The highest BCUT2D eigenvalue weighted by atomic mass is 32.2. The van der Waals surface area contributed by atoms with Crippen molar-refractivity contribution in [1.82, 2.24) is 0 Å². The second-order valence-corrected chi connectivity index (χ2v) is 4.36. The Kier molecular flexibility index (Phi) is 1.32. The van der Waals surface area contributed by atoms with Crippen LogP contribution in [0.2, 0.25) is 0 Å². The molecule has 0 atom stereocenters. The van der Waals surface area contributed by atoms with Crippen LogP contribution in [-0.4, -0.2) is 0 Å². The van der Waals surface area contributed by atoms with Gasteiger partial charge >= 0.3 is 0 Å². The highest BCUT2D eigenvalue weighted by Gasteiger charge is 2.04. The van der Waals surface area contributed by atoms with Gasteiger partial charge in [-0.2, -0.15) is 0 Å². The first-order valence-corrected chi connectivity index (χ1v) is 4.83. The Bertz CT molecular complexity index is 323. The topological polar surface area (TPSA) is 0 Å². The lowest BCUT2D eigenvalue weighted by Crippen LogP contribution is -1.65. The Morgan fingerprint density at radius 1 is 1.40 bits per heavy atom. The van der Waals surface area contributed by atoms with Crippen LogP contribution in [0.5, 0.6) is 0 Å². The van der Waals surface area contributed by atoms with Gasteiger partial charge in [-0.3, -0.25) is 0 Å². The quantitative estimate of drug-likeness (QED) is 0.564. The molecule has 0 N–H and O–H groups in total. The molecular weight excluding hydrogens is 160 g/mol. The lowest BCUT2D eigenvalue weighted by Gasteiger charge is -1.83. The molecule has 0 aromatic carbocycles. The highest BCUT2D eigenvalue weighted by molar-refractivity contribution is 7.36. The molecule has 2 heteroatoms. The molecule has 2 aromatic heterocycles. The molecule has 2 aromatic rings. The van der Waals surface area contributed by atoms with Crippen LogP contribution >= 0.6 is 22.7 Å². The molecule has 0 aliphatic rings. The maximum absolute atomic E-state index is 3.25. The largest absolute Gasteiger partial charge is 0.133 e. The minimum absolute atomic E-state index is 1.30. The molecular formula is C8H7S2. The molecule has 0 aliphatic carbocycles. The number of aryl methyl sites for hydroxylation is 2. The van der Waals surface area contributed by atoms with E-state index in [1.807, 2.05) is 11.3 Å². The number of hydrogen-bond donors (Lipinski definition) is 0. The third kappa shape index (κ3) is 0.724. The first-order chi connectivity index (χ1) is 4.79. The average Bonchev–Trinajstić information content (AvgIpc) is 2.40. The van der Waals surface area contributed by atoms with Crippen LogP contribution in [0.15, 0.2) is 5.38 Å². The normalized spacial score (nSPS) is 11.0. The fourth-order valence-corrected chi connectivity index (χ4v) is 3.18. The predicted octanol–water partition coefficient (Wildman–Crippen LogP) is 3.38. The molecule has 0 unspecified atom stereocenters. The Hall–Kier alpha value is -0.340. The van der Waals surface area contributed by atoms with Gasteiger partial charge in [0.25, 0.3) is 0 Å². The number of rotatable bonds is 0. The van der Waals surface area contributed by atoms with Gasteiger partial charge in [0.2, 0.25) is 0 Å². The van der Waals surface area contributed by atoms with Gasteiger partial charge < -0.3 is 0 Å². The smallest absolute Gasteiger partial charge is 0.0877 e. The summed E-state index contributed by atoms with van der Waals surface area (Å²) in [5.41, 5.74) is 2.70. The van der Waals surface area contributed by atoms with E-state index in [0.29, 0.717) is 0 Å². The standard InChI is InChI=1S/C8H7S2/c1-5-3-9-8-7(5)6(2)4-10-8/h3H,1-2H3. The first-order valence-electron chi connectivity index (χ1n) is 3.14. The Labute approximate surface area is 68.1 Å². The summed E-state index contributed by atoms with van der Waals surface area (Å²) in [4.78, 5) is 0. The van der Waals surface area contributed by atoms with E-state index >= 15 is 0 Å². The summed E-state index contributed by atoms with van der Waals surface area (Å²) < 4.78 is 1.41. The van der Waals surface area contributed by atoms with E-state index in [9.17, 15) is 0 Å². The zero-order chi connectivity index (χ0) is 7.14. The van der Waals surface area contributed by atoms with Crippen molar-refractivity contribution in [2.75, 3.05) is 0 Å². The van der Waals surface area contributed by atoms with Gasteiger partial charge in [-0.15, -0.1) is 22.7 Å². The molecule has 2 heterocycles. The van der Waals surface area contributed by atoms with E-state index in [0.717, 1.165) is 0 Å². The fourth-order valence-electron chi connectivity index (χ4n) is 1.12. The van der Waals surface area contributed by atoms with Crippen LogP contribution in [0.4, 0.5) is 0 Å². The summed E-state index contributed by atoms with van der Waals surface area (Å²) in [7, 11) is 0. The molecule has 0 saturated heterocycles. The predicted molar refractivity (Wildman–Crippen MR) is 48.0 cm³/mol. The van der Waals surface area contributed by atoms with Gasteiger partial charge in [0.1, 0.15) is 0 Å². The monoisotopic (exact) mass is 167 g/mol. The Morgan fingerprint density at radius 3 is 2.90 bits per heavy atom. The molecule has 0 saturated carbocycles. The van der Waals surface area contributed by atoms with Crippen molar-refractivity contribution in [1.29, 1.82) is 0 Å². The minimum Gasteiger partial charge on any atom is -0.133 e. The van der Waals surface area contributed by atoms with Gasteiger partial charge in [0, 0.05) is 10.8 Å². The lowest BCUT2D eigenvalue weighted by atomic mass is 10.2. The van der Waals surface area contributed by atoms with Crippen LogP contribution < -0.4 is 0 Å². The zero-order valence-corrected chi connectivity index (χ0v) is 7.53. The van der Waals surface area contributed by atoms with E-state index in [1.54, 1.807) is 11.3 Å². The van der Waals surface area contributed by atoms with Gasteiger partial charge in [-0.1, -0.05) is 0 Å². The van der Waals surface area contributed by atoms with Crippen LogP contribution in [-0.2, 0) is 0 Å². The molecule has 0 aliphatic heterocycles. The second-order valence-electron chi connectivity index (χ2n) is 2.41. The number of hydrogen-bond acceptors (Lipinski definition) is 2. The summed E-state index contributed by atoms with van der Waals surface area (Å²) >= 11 is 3.55. The van der Waals surface area contributed by atoms with Gasteiger partial charge in [-0.05, 0) is 30.4 Å². The maximum Gasteiger partial charge on any atom is 0.0877 e. The number of thiophene rings is 2. The van der Waals surface area contributed by atoms with Crippen molar-refractivity contribution in [2.24, 2.45) is 0 Å². The summed E-state index contributed by atoms with van der Waals surface area (Å²) in [5, 5.41) is 6.89. The summed E-state index contributed by atoms with van der Waals surface area (Å²) in [5.74, 6) is 0. The van der Waals surface area contributed by atoms with E-state index < -0.39 is 0 Å². The van der Waals surface area contributed by atoms with Crippen molar-refractivity contribution in [2.45, 2.75) is 13.8 Å².